The quantitative estimate of drug-likeness (QED) is 0.654. The van der Waals surface area contributed by atoms with E-state index in [1.165, 1.54) is 5.56 Å². The van der Waals surface area contributed by atoms with Gasteiger partial charge in [-0.15, -0.1) is 0 Å². The Labute approximate surface area is 111 Å². The van der Waals surface area contributed by atoms with Gasteiger partial charge in [-0.25, -0.2) is 5.01 Å². The second-order valence-electron chi connectivity index (χ2n) is 3.49. The van der Waals surface area contributed by atoms with Crippen LogP contribution in [0.3, 0.4) is 0 Å². The van der Waals surface area contributed by atoms with Gasteiger partial charge in [0.1, 0.15) is 4.61 Å². The van der Waals surface area contributed by atoms with Crippen LogP contribution in [0.4, 0.5) is 5.69 Å². The van der Waals surface area contributed by atoms with E-state index in [1.807, 2.05) is 41.7 Å². The van der Waals surface area contributed by atoms with E-state index >= 15 is 0 Å². The number of hydrogen-bond acceptors (Lipinski definition) is 2. The second kappa shape index (κ2) is 3.79. The molecule has 0 N–H and O–H groups in total. The van der Waals surface area contributed by atoms with Crippen molar-refractivity contribution in [3.8, 4) is 0 Å². The number of hydrazine groups is 1. The maximum atomic E-state index is 3.62. The van der Waals surface area contributed by atoms with Crippen molar-refractivity contribution in [3.05, 3.63) is 59.0 Å². The number of halogens is 2. The molecule has 1 aromatic rings. The zero-order chi connectivity index (χ0) is 11.1. The largest absolute Gasteiger partial charge is 0.256 e. The zero-order valence-corrected chi connectivity index (χ0v) is 11.4. The van der Waals surface area contributed by atoms with Gasteiger partial charge in [0.15, 0.2) is 0 Å². The number of hydrogen-bond donors (Lipinski definition) is 0. The minimum atomic E-state index is 1.01. The van der Waals surface area contributed by atoms with Crippen LogP contribution in [0, 0.1) is 0 Å². The normalized spacial score (nSPS) is 17.6. The Morgan fingerprint density at radius 2 is 1.56 bits per heavy atom. The monoisotopic (exact) mass is 338 g/mol. The van der Waals surface area contributed by atoms with Crippen LogP contribution in [0.15, 0.2) is 53.4 Å². The molecule has 4 heteroatoms. The number of fused-ring (bicyclic) bond motifs is 3. The van der Waals surface area contributed by atoms with Crippen LogP contribution >= 0.6 is 31.9 Å². The molecule has 1 aromatic carbocycles. The molecule has 0 radical (unpaired) electrons. The highest BCUT2D eigenvalue weighted by Crippen LogP contribution is 2.43. The Kier molecular flexibility index (Phi) is 2.41. The first-order chi connectivity index (χ1) is 7.79. The van der Waals surface area contributed by atoms with E-state index in [1.54, 1.807) is 0 Å². The molecule has 16 heavy (non-hydrogen) atoms. The van der Waals surface area contributed by atoms with Crippen molar-refractivity contribution < 1.29 is 0 Å². The molecule has 0 aliphatic carbocycles. The molecular weight excluding hydrogens is 332 g/mol. The fraction of sp³-hybridized carbons (Fsp3) is 0. The van der Waals surface area contributed by atoms with Crippen molar-refractivity contribution in [1.29, 1.82) is 0 Å². The van der Waals surface area contributed by atoms with Crippen molar-refractivity contribution >= 4 is 42.0 Å². The number of anilines is 1. The molecule has 0 bridgehead atoms. The van der Waals surface area contributed by atoms with Crippen molar-refractivity contribution in [3.63, 3.8) is 0 Å². The summed E-state index contributed by atoms with van der Waals surface area (Å²) in [5.74, 6) is 0. The van der Waals surface area contributed by atoms with Crippen molar-refractivity contribution in [2.24, 2.45) is 0 Å². The van der Waals surface area contributed by atoms with Gasteiger partial charge in [-0.3, -0.25) is 5.01 Å². The highest BCUT2D eigenvalue weighted by atomic mass is 79.9. The highest BCUT2D eigenvalue weighted by Gasteiger charge is 2.26. The lowest BCUT2D eigenvalue weighted by atomic mass is 10.1. The van der Waals surface area contributed by atoms with Gasteiger partial charge in [-0.2, -0.15) is 0 Å². The van der Waals surface area contributed by atoms with Crippen LogP contribution in [-0.4, -0.2) is 5.01 Å². The number of nitrogens with zero attached hydrogens (tertiary/aromatic N) is 2. The third-order valence-electron chi connectivity index (χ3n) is 2.57. The summed E-state index contributed by atoms with van der Waals surface area (Å²) in [4.78, 5) is 0. The lowest BCUT2D eigenvalue weighted by molar-refractivity contribution is 0.495. The minimum Gasteiger partial charge on any atom is -0.256 e. The first-order valence-electron chi connectivity index (χ1n) is 4.87. The van der Waals surface area contributed by atoms with E-state index in [0.717, 1.165) is 14.8 Å². The molecule has 0 atom stereocenters. The van der Waals surface area contributed by atoms with Gasteiger partial charge in [-0.1, -0.05) is 18.2 Å². The van der Waals surface area contributed by atoms with Gasteiger partial charge in [0, 0.05) is 18.0 Å². The average Bonchev–Trinajstić information content (AvgIpc) is 2.36. The van der Waals surface area contributed by atoms with Gasteiger partial charge in [0.05, 0.1) is 10.2 Å². The lowest BCUT2D eigenvalue weighted by Crippen LogP contribution is -2.37. The molecule has 80 valence electrons. The molecule has 2 nitrogen and oxygen atoms in total. The first kappa shape index (κ1) is 10.2. The van der Waals surface area contributed by atoms with Crippen molar-refractivity contribution in [2.45, 2.75) is 0 Å². The minimum absolute atomic E-state index is 1.01. The summed E-state index contributed by atoms with van der Waals surface area (Å²) in [5.41, 5.74) is 2.35. The standard InChI is InChI=1S/C12H8Br2N2/c13-11-9-5-1-2-6-10(9)15-7-3-4-8-16(15)12(11)14/h1-8H. The van der Waals surface area contributed by atoms with Gasteiger partial charge < -0.3 is 0 Å². The summed E-state index contributed by atoms with van der Waals surface area (Å²) in [6.07, 6.45) is 8.08. The van der Waals surface area contributed by atoms with E-state index in [2.05, 4.69) is 49.0 Å². The lowest BCUT2D eigenvalue weighted by Gasteiger charge is -2.39. The predicted molar refractivity (Wildman–Crippen MR) is 73.8 cm³/mol. The average molecular weight is 340 g/mol. The third-order valence-corrected chi connectivity index (χ3v) is 4.66. The molecule has 3 rings (SSSR count). The maximum Gasteiger partial charge on any atom is 0.120 e. The fourth-order valence-corrected chi connectivity index (χ4v) is 2.85. The van der Waals surface area contributed by atoms with Crippen LogP contribution in [0.2, 0.25) is 0 Å². The number of rotatable bonds is 0. The molecule has 0 aromatic heterocycles. The summed E-state index contributed by atoms with van der Waals surface area (Å²) in [6, 6.07) is 8.29. The number of para-hydroxylation sites is 1. The van der Waals surface area contributed by atoms with Crippen molar-refractivity contribution in [2.75, 3.05) is 5.01 Å². The summed E-state index contributed by atoms with van der Waals surface area (Å²) in [7, 11) is 0. The molecule has 2 heterocycles. The van der Waals surface area contributed by atoms with E-state index in [4.69, 9.17) is 0 Å². The molecule has 0 unspecified atom stereocenters. The van der Waals surface area contributed by atoms with Crippen LogP contribution in [-0.2, 0) is 0 Å². The molecule has 0 saturated carbocycles. The van der Waals surface area contributed by atoms with Crippen LogP contribution < -0.4 is 5.01 Å². The molecular formula is C12H8Br2N2. The van der Waals surface area contributed by atoms with E-state index in [9.17, 15) is 0 Å². The molecule has 0 spiro atoms. The van der Waals surface area contributed by atoms with E-state index in [-0.39, 0.29) is 0 Å². The molecule has 2 aliphatic heterocycles. The Hall–Kier alpha value is -1.00. The molecule has 0 amide bonds. The zero-order valence-electron chi connectivity index (χ0n) is 8.27. The number of benzene rings is 1. The topological polar surface area (TPSA) is 6.48 Å². The fourth-order valence-electron chi connectivity index (χ4n) is 1.83. The Bertz CT molecular complexity index is 532. The van der Waals surface area contributed by atoms with E-state index in [0.29, 0.717) is 0 Å². The van der Waals surface area contributed by atoms with Gasteiger partial charge in [0.25, 0.3) is 0 Å². The first-order valence-corrected chi connectivity index (χ1v) is 6.45. The highest BCUT2D eigenvalue weighted by molar-refractivity contribution is 9.16. The van der Waals surface area contributed by atoms with Crippen LogP contribution in [0.1, 0.15) is 5.56 Å². The number of allylic oxidation sites excluding steroid dienone is 2. The van der Waals surface area contributed by atoms with Gasteiger partial charge in [-0.05, 0) is 50.1 Å². The molecule has 2 aliphatic rings. The van der Waals surface area contributed by atoms with Crippen LogP contribution in [0.25, 0.3) is 4.48 Å². The summed E-state index contributed by atoms with van der Waals surface area (Å²) in [6.45, 7) is 0. The predicted octanol–water partition coefficient (Wildman–Crippen LogP) is 4.18. The third kappa shape index (κ3) is 1.37. The SMILES string of the molecule is BrC1=C(Br)N2C=CC=CN2c2ccccc21. The molecule has 0 fully saturated rings. The summed E-state index contributed by atoms with van der Waals surface area (Å²) >= 11 is 7.22. The van der Waals surface area contributed by atoms with Gasteiger partial charge in [0.2, 0.25) is 0 Å². The second-order valence-corrected chi connectivity index (χ2v) is 5.04. The smallest absolute Gasteiger partial charge is 0.120 e. The Morgan fingerprint density at radius 3 is 2.38 bits per heavy atom. The van der Waals surface area contributed by atoms with E-state index < -0.39 is 0 Å². The summed E-state index contributed by atoms with van der Waals surface area (Å²) < 4.78 is 2.08. The Balaban J connectivity index is 2.26. The Morgan fingerprint density at radius 1 is 0.875 bits per heavy atom. The van der Waals surface area contributed by atoms with Gasteiger partial charge >= 0.3 is 0 Å². The van der Waals surface area contributed by atoms with Crippen LogP contribution in [0.5, 0.6) is 0 Å². The maximum absolute atomic E-state index is 3.62. The van der Waals surface area contributed by atoms with Crippen molar-refractivity contribution in [1.82, 2.24) is 5.01 Å². The summed E-state index contributed by atoms with van der Waals surface area (Å²) in [5, 5.41) is 4.15. The molecule has 0 saturated heterocycles.